The van der Waals surface area contributed by atoms with E-state index in [0.717, 1.165) is 38.5 Å². The maximum absolute atomic E-state index is 4.21. The predicted molar refractivity (Wildman–Crippen MR) is 91.5 cm³/mol. The van der Waals surface area contributed by atoms with Gasteiger partial charge >= 0.3 is 0 Å². The number of benzene rings is 1. The van der Waals surface area contributed by atoms with Gasteiger partial charge in [-0.2, -0.15) is 0 Å². The fourth-order valence-electron chi connectivity index (χ4n) is 2.95. The molecule has 6 heteroatoms. The van der Waals surface area contributed by atoms with Gasteiger partial charge in [-0.15, -0.1) is 5.10 Å². The van der Waals surface area contributed by atoms with Gasteiger partial charge in [0.2, 0.25) is 0 Å². The lowest BCUT2D eigenvalue weighted by Gasteiger charge is -2.36. The highest BCUT2D eigenvalue weighted by Gasteiger charge is 2.23. The Labute approximate surface area is 138 Å². The summed E-state index contributed by atoms with van der Waals surface area (Å²) in [5.74, 6) is 0.946. The van der Waals surface area contributed by atoms with E-state index in [1.165, 1.54) is 11.3 Å². The number of aromatic nitrogens is 4. The highest BCUT2D eigenvalue weighted by Crippen LogP contribution is 2.19. The first kappa shape index (κ1) is 15.9. The van der Waals surface area contributed by atoms with Crippen LogP contribution in [-0.2, 0) is 12.1 Å². The van der Waals surface area contributed by atoms with Crippen LogP contribution in [0.1, 0.15) is 32.2 Å². The first-order valence-corrected chi connectivity index (χ1v) is 8.25. The highest BCUT2D eigenvalue weighted by atomic mass is 15.6. The summed E-state index contributed by atoms with van der Waals surface area (Å²) in [4.78, 5) is 4.88. The molecule has 124 valence electrons. The fourth-order valence-corrected chi connectivity index (χ4v) is 2.95. The highest BCUT2D eigenvalue weighted by molar-refractivity contribution is 5.47. The van der Waals surface area contributed by atoms with Crippen LogP contribution < -0.4 is 4.90 Å². The third-order valence-electron chi connectivity index (χ3n) is 4.31. The number of hydrogen-bond donors (Lipinski definition) is 0. The number of piperazine rings is 1. The quantitative estimate of drug-likeness (QED) is 0.868. The number of nitrogens with zero attached hydrogens (tertiary/aromatic N) is 6. The Balaban J connectivity index is 1.60. The van der Waals surface area contributed by atoms with Crippen LogP contribution in [0.5, 0.6) is 0 Å². The molecule has 23 heavy (non-hydrogen) atoms. The van der Waals surface area contributed by atoms with Crippen molar-refractivity contribution < 1.29 is 0 Å². The number of rotatable bonds is 3. The van der Waals surface area contributed by atoms with Crippen LogP contribution in [0.4, 0.5) is 5.69 Å². The number of hydrogen-bond acceptors (Lipinski definition) is 5. The van der Waals surface area contributed by atoms with Gasteiger partial charge in [0.15, 0.2) is 5.82 Å². The molecule has 0 atom stereocenters. The van der Waals surface area contributed by atoms with Crippen molar-refractivity contribution >= 4 is 5.69 Å². The predicted octanol–water partition coefficient (Wildman–Crippen LogP) is 2.06. The summed E-state index contributed by atoms with van der Waals surface area (Å²) in [6.45, 7) is 13.5. The maximum atomic E-state index is 4.21. The minimum absolute atomic E-state index is 0.0808. The van der Waals surface area contributed by atoms with Gasteiger partial charge in [-0.05, 0) is 50.3 Å². The van der Waals surface area contributed by atoms with Crippen LogP contribution >= 0.6 is 0 Å². The lowest BCUT2D eigenvalue weighted by Crippen LogP contribution is -2.46. The molecule has 2 aromatic rings. The van der Waals surface area contributed by atoms with Gasteiger partial charge in [-0.3, -0.25) is 4.90 Å². The van der Waals surface area contributed by atoms with Crippen molar-refractivity contribution in [3.05, 3.63) is 35.7 Å². The van der Waals surface area contributed by atoms with Crippen molar-refractivity contribution in [1.29, 1.82) is 0 Å². The van der Waals surface area contributed by atoms with E-state index in [0.29, 0.717) is 0 Å². The summed E-state index contributed by atoms with van der Waals surface area (Å²) in [5, 5.41) is 12.2. The maximum Gasteiger partial charge on any atom is 0.165 e. The molecule has 0 saturated carbocycles. The largest absolute Gasteiger partial charge is 0.369 e. The Morgan fingerprint density at radius 3 is 2.26 bits per heavy atom. The van der Waals surface area contributed by atoms with Crippen LogP contribution in [0.2, 0.25) is 0 Å². The van der Waals surface area contributed by atoms with Gasteiger partial charge in [0.1, 0.15) is 0 Å². The second-order valence-electron chi connectivity index (χ2n) is 7.28. The van der Waals surface area contributed by atoms with Gasteiger partial charge in [-0.1, -0.05) is 17.7 Å². The molecule has 2 heterocycles. The molecule has 0 amide bonds. The Hall–Kier alpha value is -1.95. The van der Waals surface area contributed by atoms with Crippen molar-refractivity contribution in [2.24, 2.45) is 0 Å². The summed E-state index contributed by atoms with van der Waals surface area (Å²) in [7, 11) is 0. The first-order chi connectivity index (χ1) is 10.9. The van der Waals surface area contributed by atoms with Crippen LogP contribution in [0.25, 0.3) is 0 Å². The van der Waals surface area contributed by atoms with E-state index in [1.807, 2.05) is 4.68 Å². The molecule has 1 aromatic heterocycles. The summed E-state index contributed by atoms with van der Waals surface area (Å²) in [6, 6.07) is 8.79. The summed E-state index contributed by atoms with van der Waals surface area (Å²) < 4.78 is 1.93. The van der Waals surface area contributed by atoms with Crippen LogP contribution in [0.3, 0.4) is 0 Å². The SMILES string of the molecule is Cc1ccc(N2CCN(Cc3nnnn3C(C)(C)C)CC2)cc1. The third kappa shape index (κ3) is 3.69. The molecule has 1 aromatic carbocycles. The molecule has 0 spiro atoms. The molecule has 1 saturated heterocycles. The second-order valence-corrected chi connectivity index (χ2v) is 7.28. The molecule has 0 bridgehead atoms. The number of anilines is 1. The van der Waals surface area contributed by atoms with Crippen molar-refractivity contribution in [2.75, 3.05) is 31.1 Å². The van der Waals surface area contributed by atoms with E-state index in [2.05, 4.69) is 77.3 Å². The summed E-state index contributed by atoms with van der Waals surface area (Å²) in [5.41, 5.74) is 2.54. The van der Waals surface area contributed by atoms with E-state index >= 15 is 0 Å². The van der Waals surface area contributed by atoms with Crippen molar-refractivity contribution in [1.82, 2.24) is 25.1 Å². The average molecular weight is 314 g/mol. The molecule has 0 N–H and O–H groups in total. The van der Waals surface area contributed by atoms with Gasteiger partial charge in [0.05, 0.1) is 12.1 Å². The minimum Gasteiger partial charge on any atom is -0.369 e. The number of tetrazole rings is 1. The minimum atomic E-state index is -0.0808. The standard InChI is InChI=1S/C17H26N6/c1-14-5-7-15(8-6-14)22-11-9-21(10-12-22)13-16-18-19-20-23(16)17(2,3)4/h5-8H,9-13H2,1-4H3. The van der Waals surface area contributed by atoms with Gasteiger partial charge in [0.25, 0.3) is 0 Å². The van der Waals surface area contributed by atoms with E-state index in [9.17, 15) is 0 Å². The Morgan fingerprint density at radius 1 is 1.00 bits per heavy atom. The number of aryl methyl sites for hydroxylation is 1. The van der Waals surface area contributed by atoms with E-state index in [4.69, 9.17) is 0 Å². The Morgan fingerprint density at radius 2 is 1.65 bits per heavy atom. The van der Waals surface area contributed by atoms with Gasteiger partial charge < -0.3 is 4.90 Å². The molecule has 1 aliphatic rings. The average Bonchev–Trinajstić information content (AvgIpc) is 2.97. The van der Waals surface area contributed by atoms with Crippen LogP contribution in [0.15, 0.2) is 24.3 Å². The van der Waals surface area contributed by atoms with Crippen molar-refractivity contribution in [3.63, 3.8) is 0 Å². The molecular weight excluding hydrogens is 288 g/mol. The topological polar surface area (TPSA) is 50.1 Å². The van der Waals surface area contributed by atoms with Gasteiger partial charge in [-0.25, -0.2) is 4.68 Å². The van der Waals surface area contributed by atoms with Crippen molar-refractivity contribution in [3.8, 4) is 0 Å². The molecule has 1 aliphatic heterocycles. The first-order valence-electron chi connectivity index (χ1n) is 8.25. The van der Waals surface area contributed by atoms with Crippen molar-refractivity contribution in [2.45, 2.75) is 39.8 Å². The lowest BCUT2D eigenvalue weighted by molar-refractivity contribution is 0.228. The van der Waals surface area contributed by atoms with E-state index < -0.39 is 0 Å². The molecule has 1 fully saturated rings. The molecule has 3 rings (SSSR count). The molecule has 0 radical (unpaired) electrons. The molecule has 0 aliphatic carbocycles. The second kappa shape index (κ2) is 6.28. The Kier molecular flexibility index (Phi) is 4.35. The Bertz CT molecular complexity index is 632. The van der Waals surface area contributed by atoms with E-state index in [-0.39, 0.29) is 5.54 Å². The molecular formula is C17H26N6. The molecule has 0 unspecified atom stereocenters. The third-order valence-corrected chi connectivity index (χ3v) is 4.31. The summed E-state index contributed by atoms with van der Waals surface area (Å²) in [6.07, 6.45) is 0. The monoisotopic (exact) mass is 314 g/mol. The zero-order chi connectivity index (χ0) is 16.4. The zero-order valence-corrected chi connectivity index (χ0v) is 14.5. The summed E-state index contributed by atoms with van der Waals surface area (Å²) >= 11 is 0. The normalized spacial score (nSPS) is 16.8. The lowest BCUT2D eigenvalue weighted by atomic mass is 10.1. The van der Waals surface area contributed by atoms with Crippen LogP contribution in [-0.4, -0.2) is 51.3 Å². The van der Waals surface area contributed by atoms with Gasteiger partial charge in [0, 0.05) is 31.9 Å². The zero-order valence-electron chi connectivity index (χ0n) is 14.5. The molecule has 6 nitrogen and oxygen atoms in total. The van der Waals surface area contributed by atoms with E-state index in [1.54, 1.807) is 0 Å². The van der Waals surface area contributed by atoms with Crippen LogP contribution in [0, 0.1) is 6.92 Å². The smallest absolute Gasteiger partial charge is 0.165 e. The fraction of sp³-hybridized carbons (Fsp3) is 0.588.